The van der Waals surface area contributed by atoms with Crippen LogP contribution in [0.3, 0.4) is 0 Å². The lowest BCUT2D eigenvalue weighted by atomic mass is 9.45. The maximum Gasteiger partial charge on any atom is 0.302 e. The summed E-state index contributed by atoms with van der Waals surface area (Å²) in [5.41, 5.74) is 2.12. The van der Waals surface area contributed by atoms with E-state index >= 15 is 0 Å². The predicted octanol–water partition coefficient (Wildman–Crippen LogP) is 5.41. The average molecular weight is 356 g/mol. The fourth-order valence-electron chi connectivity index (χ4n) is 7.72. The third kappa shape index (κ3) is 2.63. The molecular weight excluding hydrogens is 322 g/mol. The van der Waals surface area contributed by atoms with E-state index in [1.54, 1.807) is 6.92 Å². The Bertz CT molecular complexity index is 662. The van der Waals surface area contributed by atoms with Crippen LogP contribution in [0.4, 0.5) is 0 Å². The Labute approximate surface area is 158 Å². The summed E-state index contributed by atoms with van der Waals surface area (Å²) in [5.74, 6) is 3.00. The lowest BCUT2D eigenvalue weighted by molar-refractivity contribution is -0.158. The number of carbonyl (C=O) groups is 1. The smallest absolute Gasteiger partial charge is 0.302 e. The molecule has 7 unspecified atom stereocenters. The van der Waals surface area contributed by atoms with Crippen LogP contribution in [0, 0.1) is 45.8 Å². The molecule has 0 aromatic carbocycles. The average Bonchev–Trinajstić information content (AvgIpc) is 2.92. The first-order valence-corrected chi connectivity index (χ1v) is 10.6. The molecule has 0 bridgehead atoms. The van der Waals surface area contributed by atoms with Crippen LogP contribution in [0.25, 0.3) is 0 Å². The molecule has 3 heteroatoms. The molecule has 0 heterocycles. The molecule has 26 heavy (non-hydrogen) atoms. The molecule has 7 atom stereocenters. The third-order valence-corrected chi connectivity index (χ3v) is 9.04. The van der Waals surface area contributed by atoms with Crippen LogP contribution in [0.2, 0.25) is 0 Å². The third-order valence-electron chi connectivity index (χ3n) is 9.04. The molecule has 4 saturated carbocycles. The van der Waals surface area contributed by atoms with Gasteiger partial charge in [0, 0.05) is 13.0 Å². The van der Waals surface area contributed by atoms with E-state index in [9.17, 15) is 10.1 Å². The number of nitriles is 1. The molecule has 4 aliphatic carbocycles. The molecule has 0 aliphatic heterocycles. The maximum absolute atomic E-state index is 11.4. The van der Waals surface area contributed by atoms with Crippen LogP contribution < -0.4 is 0 Å². The Kier molecular flexibility index (Phi) is 4.45. The lowest BCUT2D eigenvalue weighted by Gasteiger charge is -2.60. The van der Waals surface area contributed by atoms with Gasteiger partial charge in [-0.25, -0.2) is 0 Å². The molecule has 0 radical (unpaired) electrons. The van der Waals surface area contributed by atoms with Crippen molar-refractivity contribution < 1.29 is 9.53 Å². The second-order valence-electron chi connectivity index (χ2n) is 9.96. The van der Waals surface area contributed by atoms with Crippen molar-refractivity contribution in [2.75, 3.05) is 0 Å². The van der Waals surface area contributed by atoms with Crippen molar-refractivity contribution in [1.82, 2.24) is 0 Å². The van der Waals surface area contributed by atoms with Crippen LogP contribution >= 0.6 is 0 Å². The first-order valence-electron chi connectivity index (χ1n) is 10.6. The topological polar surface area (TPSA) is 50.1 Å². The zero-order chi connectivity index (χ0) is 18.5. The van der Waals surface area contributed by atoms with Crippen molar-refractivity contribution in [3.63, 3.8) is 0 Å². The van der Waals surface area contributed by atoms with Crippen molar-refractivity contribution in [3.8, 4) is 6.07 Å². The molecule has 4 rings (SSSR count). The monoisotopic (exact) mass is 355 g/mol. The number of ether oxygens (including phenoxy) is 1. The molecule has 0 aromatic rings. The Morgan fingerprint density at radius 2 is 1.96 bits per heavy atom. The van der Waals surface area contributed by atoms with E-state index in [1.807, 2.05) is 6.08 Å². The quantitative estimate of drug-likeness (QED) is 0.467. The van der Waals surface area contributed by atoms with Gasteiger partial charge in [-0.15, -0.1) is 0 Å². The highest BCUT2D eigenvalue weighted by molar-refractivity contribution is 5.66. The van der Waals surface area contributed by atoms with E-state index in [1.165, 1.54) is 44.1 Å². The molecule has 4 fully saturated rings. The van der Waals surface area contributed by atoms with Crippen molar-refractivity contribution in [2.45, 2.75) is 84.7 Å². The van der Waals surface area contributed by atoms with Gasteiger partial charge in [0.1, 0.15) is 6.10 Å². The van der Waals surface area contributed by atoms with Crippen molar-refractivity contribution >= 4 is 5.97 Å². The highest BCUT2D eigenvalue weighted by atomic mass is 16.5. The first kappa shape index (κ1) is 18.1. The zero-order valence-corrected chi connectivity index (χ0v) is 16.6. The van der Waals surface area contributed by atoms with E-state index in [0.29, 0.717) is 11.3 Å². The number of rotatable bonds is 1. The summed E-state index contributed by atoms with van der Waals surface area (Å²) in [7, 11) is 0. The molecule has 0 amide bonds. The number of allylic oxidation sites excluding steroid dienone is 2. The molecular formula is C23H33NO2. The Hall–Kier alpha value is -1.30. The largest absolute Gasteiger partial charge is 0.463 e. The predicted molar refractivity (Wildman–Crippen MR) is 101 cm³/mol. The summed E-state index contributed by atoms with van der Waals surface area (Å²) in [4.78, 5) is 11.4. The maximum atomic E-state index is 11.4. The Balaban J connectivity index is 1.55. The summed E-state index contributed by atoms with van der Waals surface area (Å²) in [6, 6.07) is 2.31. The lowest BCUT2D eigenvalue weighted by Crippen LogP contribution is -2.53. The highest BCUT2D eigenvalue weighted by Gasteiger charge is 2.59. The molecule has 3 nitrogen and oxygen atoms in total. The van der Waals surface area contributed by atoms with E-state index in [4.69, 9.17) is 4.74 Å². The number of esters is 1. The van der Waals surface area contributed by atoms with Crippen LogP contribution in [0.1, 0.15) is 78.6 Å². The summed E-state index contributed by atoms with van der Waals surface area (Å²) < 4.78 is 5.57. The van der Waals surface area contributed by atoms with Gasteiger partial charge in [-0.1, -0.05) is 19.4 Å². The molecule has 0 saturated heterocycles. The van der Waals surface area contributed by atoms with E-state index < -0.39 is 0 Å². The van der Waals surface area contributed by atoms with E-state index in [2.05, 4.69) is 19.9 Å². The van der Waals surface area contributed by atoms with Gasteiger partial charge in [0.25, 0.3) is 0 Å². The minimum atomic E-state index is -0.122. The van der Waals surface area contributed by atoms with Gasteiger partial charge < -0.3 is 4.74 Å². The van der Waals surface area contributed by atoms with Crippen LogP contribution in [0.15, 0.2) is 11.6 Å². The van der Waals surface area contributed by atoms with E-state index in [-0.39, 0.29) is 17.5 Å². The summed E-state index contributed by atoms with van der Waals surface area (Å²) in [6.45, 7) is 6.53. The summed E-state index contributed by atoms with van der Waals surface area (Å²) >= 11 is 0. The number of hydrogen-bond acceptors (Lipinski definition) is 3. The number of carbonyl (C=O) groups excluding carboxylic acids is 1. The molecule has 0 spiro atoms. The van der Waals surface area contributed by atoms with Gasteiger partial charge in [0.05, 0.1) is 6.07 Å². The summed E-state index contributed by atoms with van der Waals surface area (Å²) in [5, 5.41) is 9.18. The fraction of sp³-hybridized carbons (Fsp3) is 0.826. The number of fused-ring (bicyclic) bond motifs is 5. The standard InChI is InChI=1S/C23H33NO2/c1-15(25)26-18-8-11-23(3)17(14-18)4-6-19-20-7-5-16(10-13-24)22(20,2)12-9-21(19)23/h10,17-21H,4-9,11-12,14H2,1-3H3/b16-10+. The zero-order valence-electron chi connectivity index (χ0n) is 16.6. The minimum Gasteiger partial charge on any atom is -0.463 e. The SMILES string of the molecule is CC(=O)OC1CCC2(C)C(CCC3C4CC/C(=C\C#N)C4(C)CCC32)C1. The molecule has 0 N–H and O–H groups in total. The van der Waals surface area contributed by atoms with Crippen molar-refractivity contribution in [3.05, 3.63) is 11.6 Å². The van der Waals surface area contributed by atoms with Gasteiger partial charge in [0.2, 0.25) is 0 Å². The number of hydrogen-bond donors (Lipinski definition) is 0. The van der Waals surface area contributed by atoms with Gasteiger partial charge in [-0.2, -0.15) is 5.26 Å². The summed E-state index contributed by atoms with van der Waals surface area (Å²) in [6.07, 6.45) is 12.9. The fourth-order valence-corrected chi connectivity index (χ4v) is 7.72. The normalized spacial score (nSPS) is 48.8. The first-order chi connectivity index (χ1) is 12.4. The van der Waals surface area contributed by atoms with Crippen molar-refractivity contribution in [2.24, 2.45) is 34.5 Å². The van der Waals surface area contributed by atoms with Gasteiger partial charge >= 0.3 is 5.97 Å². The number of nitrogens with zero attached hydrogens (tertiary/aromatic N) is 1. The minimum absolute atomic E-state index is 0.122. The van der Waals surface area contributed by atoms with E-state index in [0.717, 1.165) is 37.0 Å². The van der Waals surface area contributed by atoms with Crippen molar-refractivity contribution in [1.29, 1.82) is 5.26 Å². The molecule has 0 aromatic heterocycles. The molecule has 142 valence electrons. The van der Waals surface area contributed by atoms with Gasteiger partial charge in [-0.05, 0) is 92.3 Å². The second-order valence-corrected chi connectivity index (χ2v) is 9.96. The Morgan fingerprint density at radius 1 is 1.15 bits per heavy atom. The second kappa shape index (κ2) is 6.39. The van der Waals surface area contributed by atoms with Crippen LogP contribution in [-0.2, 0) is 9.53 Å². The molecule has 4 aliphatic rings. The van der Waals surface area contributed by atoms with Crippen LogP contribution in [-0.4, -0.2) is 12.1 Å². The van der Waals surface area contributed by atoms with Gasteiger partial charge in [0.15, 0.2) is 0 Å². The Morgan fingerprint density at radius 3 is 2.69 bits per heavy atom. The van der Waals surface area contributed by atoms with Crippen LogP contribution in [0.5, 0.6) is 0 Å². The highest BCUT2D eigenvalue weighted by Crippen LogP contribution is 2.67. The van der Waals surface area contributed by atoms with Gasteiger partial charge in [-0.3, -0.25) is 4.79 Å².